The van der Waals surface area contributed by atoms with Crippen LogP contribution >= 0.6 is 11.8 Å². The topological polar surface area (TPSA) is 48.4 Å². The number of nitrogens with zero attached hydrogens (tertiary/aromatic N) is 4. The normalized spacial score (nSPS) is 23.9. The molecule has 38 heavy (non-hydrogen) atoms. The van der Waals surface area contributed by atoms with Gasteiger partial charge in [-0.05, 0) is 80.3 Å². The Balaban J connectivity index is 1.42. The van der Waals surface area contributed by atoms with Gasteiger partial charge >= 0.3 is 0 Å². The van der Waals surface area contributed by atoms with Crippen molar-refractivity contribution < 1.29 is 13.9 Å². The van der Waals surface area contributed by atoms with Crippen LogP contribution in [0.4, 0.5) is 15.8 Å². The minimum absolute atomic E-state index is 0.0410. The molecule has 0 aliphatic carbocycles. The summed E-state index contributed by atoms with van der Waals surface area (Å²) in [5.74, 6) is -0.128. The lowest BCUT2D eigenvalue weighted by Crippen LogP contribution is -2.45. The number of halogens is 1. The lowest BCUT2D eigenvalue weighted by Gasteiger charge is -2.45. The lowest BCUT2D eigenvalue weighted by atomic mass is 9.80. The van der Waals surface area contributed by atoms with E-state index in [1.807, 2.05) is 43.4 Å². The molecule has 3 heterocycles. The first kappa shape index (κ1) is 26.9. The van der Waals surface area contributed by atoms with E-state index < -0.39 is 0 Å². The van der Waals surface area contributed by atoms with Gasteiger partial charge in [0.15, 0.2) is 5.17 Å². The van der Waals surface area contributed by atoms with Crippen molar-refractivity contribution in [1.29, 1.82) is 0 Å². The number of hydrogen-bond acceptors (Lipinski definition) is 6. The Kier molecular flexibility index (Phi) is 7.93. The number of rotatable bonds is 6. The molecule has 2 fully saturated rings. The number of hydrogen-bond donors (Lipinski definition) is 0. The summed E-state index contributed by atoms with van der Waals surface area (Å²) in [4.78, 5) is 25.2. The minimum atomic E-state index is -0.311. The molecular weight excluding hydrogens is 499 g/mol. The summed E-state index contributed by atoms with van der Waals surface area (Å²) < 4.78 is 20.9. The summed E-state index contributed by atoms with van der Waals surface area (Å²) in [6.07, 6.45) is 3.52. The molecule has 0 N–H and O–H groups in total. The van der Waals surface area contributed by atoms with Crippen LogP contribution in [0.1, 0.15) is 50.7 Å². The highest BCUT2D eigenvalue weighted by Gasteiger charge is 2.36. The second kappa shape index (κ2) is 11.2. The highest BCUT2D eigenvalue weighted by Crippen LogP contribution is 2.44. The van der Waals surface area contributed by atoms with Gasteiger partial charge in [-0.2, -0.15) is 0 Å². The van der Waals surface area contributed by atoms with Crippen LogP contribution in [-0.2, 0) is 9.53 Å². The fraction of sp³-hybridized carbons (Fsp3) is 0.467. The molecule has 0 saturated carbocycles. The second-order valence-electron chi connectivity index (χ2n) is 11.0. The van der Waals surface area contributed by atoms with Gasteiger partial charge in [0.25, 0.3) is 5.91 Å². The predicted octanol–water partition coefficient (Wildman–Crippen LogP) is 5.87. The first-order valence-corrected chi connectivity index (χ1v) is 14.3. The Bertz CT molecular complexity index is 1240. The van der Waals surface area contributed by atoms with Crippen molar-refractivity contribution in [2.75, 3.05) is 51.3 Å². The molecule has 5 rings (SSSR count). The van der Waals surface area contributed by atoms with Gasteiger partial charge in [0.2, 0.25) is 0 Å². The van der Waals surface area contributed by atoms with E-state index in [0.717, 1.165) is 62.6 Å². The summed E-state index contributed by atoms with van der Waals surface area (Å²) >= 11 is 1.33. The monoisotopic (exact) mass is 536 g/mol. The second-order valence-corrected chi connectivity index (χ2v) is 12.0. The Labute approximate surface area is 229 Å². The van der Waals surface area contributed by atoms with Gasteiger partial charge in [-0.25, -0.2) is 9.38 Å². The molecule has 202 valence electrons. The average molecular weight is 537 g/mol. The molecule has 1 amide bonds. The van der Waals surface area contributed by atoms with Crippen LogP contribution < -0.4 is 4.90 Å². The van der Waals surface area contributed by atoms with E-state index in [4.69, 9.17) is 9.73 Å². The molecule has 2 aromatic carbocycles. The van der Waals surface area contributed by atoms with E-state index in [0.29, 0.717) is 28.1 Å². The Morgan fingerprint density at radius 3 is 2.63 bits per heavy atom. The molecular formula is C30H37FN4O2S. The molecule has 1 unspecified atom stereocenters. The number of fused-ring (bicyclic) bond motifs is 1. The van der Waals surface area contributed by atoms with Crippen LogP contribution in [0.25, 0.3) is 6.08 Å². The van der Waals surface area contributed by atoms with Gasteiger partial charge in [0, 0.05) is 50.0 Å². The highest BCUT2D eigenvalue weighted by atomic mass is 32.2. The quantitative estimate of drug-likeness (QED) is 0.432. The number of amides is 1. The molecule has 6 nitrogen and oxygen atoms in total. The number of amidine groups is 1. The number of aliphatic imine (C=N–C) groups is 1. The van der Waals surface area contributed by atoms with Gasteiger partial charge < -0.3 is 9.64 Å². The number of thioether (sulfide) groups is 1. The SMILES string of the molecule is CC1CC(C)(C)N(C)c2cc(F)c(/C=C3/SC(=Nc4ccccc4)N(CCCN4CCOCC4)C3=O)cc21. The molecule has 2 saturated heterocycles. The molecule has 0 radical (unpaired) electrons. The third-order valence-electron chi connectivity index (χ3n) is 7.87. The zero-order valence-electron chi connectivity index (χ0n) is 22.7. The molecule has 1 atom stereocenters. The van der Waals surface area contributed by atoms with Crippen molar-refractivity contribution in [1.82, 2.24) is 9.80 Å². The molecule has 0 spiro atoms. The highest BCUT2D eigenvalue weighted by molar-refractivity contribution is 8.18. The number of carbonyl (C=O) groups is 1. The summed E-state index contributed by atoms with van der Waals surface area (Å²) in [5, 5.41) is 0.641. The zero-order valence-corrected chi connectivity index (χ0v) is 23.6. The third kappa shape index (κ3) is 5.67. The summed E-state index contributed by atoms with van der Waals surface area (Å²) in [5.41, 5.74) is 3.25. The Morgan fingerprint density at radius 2 is 1.89 bits per heavy atom. The van der Waals surface area contributed by atoms with E-state index in [-0.39, 0.29) is 17.3 Å². The average Bonchev–Trinajstić information content (AvgIpc) is 3.18. The van der Waals surface area contributed by atoms with Crippen molar-refractivity contribution in [3.63, 3.8) is 0 Å². The van der Waals surface area contributed by atoms with Gasteiger partial charge in [-0.3, -0.25) is 14.6 Å². The van der Waals surface area contributed by atoms with E-state index >= 15 is 4.39 Å². The van der Waals surface area contributed by atoms with Crippen LogP contribution in [0.2, 0.25) is 0 Å². The summed E-state index contributed by atoms with van der Waals surface area (Å²) in [6, 6.07) is 13.2. The van der Waals surface area contributed by atoms with Crippen LogP contribution in [0, 0.1) is 5.82 Å². The fourth-order valence-corrected chi connectivity index (χ4v) is 6.55. The van der Waals surface area contributed by atoms with Crippen molar-refractivity contribution in [3.8, 4) is 0 Å². The Hall–Kier alpha value is -2.68. The van der Waals surface area contributed by atoms with E-state index in [9.17, 15) is 4.79 Å². The minimum Gasteiger partial charge on any atom is -0.379 e. The number of para-hydroxylation sites is 1. The number of carbonyl (C=O) groups excluding carboxylic acids is 1. The maximum Gasteiger partial charge on any atom is 0.266 e. The molecule has 8 heteroatoms. The predicted molar refractivity (Wildman–Crippen MR) is 155 cm³/mol. The first-order valence-electron chi connectivity index (χ1n) is 13.5. The van der Waals surface area contributed by atoms with Crippen molar-refractivity contribution in [3.05, 3.63) is 64.3 Å². The van der Waals surface area contributed by atoms with E-state index in [1.165, 1.54) is 11.8 Å². The fourth-order valence-electron chi connectivity index (χ4n) is 5.54. The smallest absolute Gasteiger partial charge is 0.266 e. The molecule has 0 bridgehead atoms. The van der Waals surface area contributed by atoms with Crippen molar-refractivity contribution >= 4 is 40.3 Å². The van der Waals surface area contributed by atoms with Gasteiger partial charge in [0.1, 0.15) is 5.82 Å². The summed E-state index contributed by atoms with van der Waals surface area (Å²) in [7, 11) is 2.03. The van der Waals surface area contributed by atoms with Crippen LogP contribution in [0.5, 0.6) is 0 Å². The standard InChI is InChI=1S/C30H37FN4O2S/c1-21-20-30(2,3)33(4)26-19-25(31)22(17-24(21)26)18-27-28(36)35(12-8-11-34-13-15-37-16-14-34)29(38-27)32-23-9-6-5-7-10-23/h5-7,9-10,17-19,21H,8,11-16,20H2,1-4H3/b27-18+,32-29?. The molecule has 2 aromatic rings. The van der Waals surface area contributed by atoms with E-state index in [1.54, 1.807) is 17.0 Å². The zero-order chi connectivity index (χ0) is 26.9. The number of ether oxygens (including phenoxy) is 1. The summed E-state index contributed by atoms with van der Waals surface area (Å²) in [6.45, 7) is 11.4. The number of anilines is 1. The largest absolute Gasteiger partial charge is 0.379 e. The van der Waals surface area contributed by atoms with Crippen molar-refractivity contribution in [2.24, 2.45) is 4.99 Å². The molecule has 0 aromatic heterocycles. The van der Waals surface area contributed by atoms with Crippen molar-refractivity contribution in [2.45, 2.75) is 45.1 Å². The van der Waals surface area contributed by atoms with Gasteiger partial charge in [0.05, 0.1) is 23.8 Å². The van der Waals surface area contributed by atoms with E-state index in [2.05, 4.69) is 30.6 Å². The third-order valence-corrected chi connectivity index (χ3v) is 8.87. The van der Waals surface area contributed by atoms with Gasteiger partial charge in [-0.15, -0.1) is 0 Å². The number of benzene rings is 2. The van der Waals surface area contributed by atoms with Crippen LogP contribution in [0.15, 0.2) is 52.4 Å². The van der Waals surface area contributed by atoms with Crippen LogP contribution in [-0.4, -0.2) is 72.9 Å². The maximum absolute atomic E-state index is 15.4. The lowest BCUT2D eigenvalue weighted by molar-refractivity contribution is -0.122. The van der Waals surface area contributed by atoms with Crippen LogP contribution in [0.3, 0.4) is 0 Å². The van der Waals surface area contributed by atoms with Gasteiger partial charge in [-0.1, -0.05) is 25.1 Å². The molecule has 3 aliphatic rings. The maximum atomic E-state index is 15.4. The number of morpholine rings is 1. The molecule has 3 aliphatic heterocycles. The first-order chi connectivity index (χ1) is 18.2. The Morgan fingerprint density at radius 1 is 1.16 bits per heavy atom.